The molecule has 1 atom stereocenters. The normalized spacial score (nSPS) is 12.2. The number of benzene rings is 1. The molecule has 1 aromatic rings. The minimum atomic E-state index is -0.455. The van der Waals surface area contributed by atoms with Crippen molar-refractivity contribution in [3.05, 3.63) is 24.3 Å². The van der Waals surface area contributed by atoms with Gasteiger partial charge in [-0.05, 0) is 32.6 Å². The van der Waals surface area contributed by atoms with Crippen LogP contribution in [0.5, 0.6) is 5.75 Å². The Morgan fingerprint density at radius 1 is 1.43 bits per heavy atom. The molecule has 5 nitrogen and oxygen atoms in total. The Morgan fingerprint density at radius 3 is 2.86 bits per heavy atom. The van der Waals surface area contributed by atoms with Crippen molar-refractivity contribution in [2.45, 2.75) is 32.2 Å². The summed E-state index contributed by atoms with van der Waals surface area (Å²) in [7, 11) is 4.00. The summed E-state index contributed by atoms with van der Waals surface area (Å²) < 4.78 is 5.64. The molecule has 0 spiro atoms. The highest BCUT2D eigenvalue weighted by Gasteiger charge is 2.12. The van der Waals surface area contributed by atoms with Gasteiger partial charge in [-0.25, -0.2) is 0 Å². The summed E-state index contributed by atoms with van der Waals surface area (Å²) in [4.78, 5) is 14.0. The SMILES string of the molecule is CCCCC(N)C(=O)Nc1cccc(OCCN(C)C)c1. The van der Waals surface area contributed by atoms with E-state index >= 15 is 0 Å². The van der Waals surface area contributed by atoms with Gasteiger partial charge in [-0.3, -0.25) is 4.79 Å². The number of rotatable bonds is 9. The molecule has 0 saturated carbocycles. The second-order valence-electron chi connectivity index (χ2n) is 5.42. The monoisotopic (exact) mass is 293 g/mol. The highest BCUT2D eigenvalue weighted by Crippen LogP contribution is 2.17. The minimum Gasteiger partial charge on any atom is -0.492 e. The predicted octanol–water partition coefficient (Wildman–Crippen LogP) is 2.08. The van der Waals surface area contributed by atoms with Crippen molar-refractivity contribution < 1.29 is 9.53 Å². The molecule has 1 amide bonds. The van der Waals surface area contributed by atoms with Crippen molar-refractivity contribution in [2.24, 2.45) is 5.73 Å². The molecule has 0 aromatic heterocycles. The largest absolute Gasteiger partial charge is 0.492 e. The summed E-state index contributed by atoms with van der Waals surface area (Å²) >= 11 is 0. The van der Waals surface area contributed by atoms with E-state index in [2.05, 4.69) is 17.1 Å². The van der Waals surface area contributed by atoms with Crippen LogP contribution in [0.2, 0.25) is 0 Å². The van der Waals surface area contributed by atoms with Crippen LogP contribution in [-0.4, -0.2) is 44.1 Å². The summed E-state index contributed by atoms with van der Waals surface area (Å²) in [6, 6.07) is 6.94. The van der Waals surface area contributed by atoms with Gasteiger partial charge in [0.05, 0.1) is 6.04 Å². The highest BCUT2D eigenvalue weighted by molar-refractivity contribution is 5.94. The average molecular weight is 293 g/mol. The van der Waals surface area contributed by atoms with E-state index in [1.165, 1.54) is 0 Å². The first-order chi connectivity index (χ1) is 10.0. The standard InChI is InChI=1S/C16H27N3O2/c1-4-5-9-15(17)16(20)18-13-7-6-8-14(12-13)21-11-10-19(2)3/h6-8,12,15H,4-5,9-11,17H2,1-3H3,(H,18,20). The Labute approximate surface area is 127 Å². The predicted molar refractivity (Wildman–Crippen MR) is 86.6 cm³/mol. The Balaban J connectivity index is 2.49. The molecular weight excluding hydrogens is 266 g/mol. The molecule has 5 heteroatoms. The fraction of sp³-hybridized carbons (Fsp3) is 0.562. The summed E-state index contributed by atoms with van der Waals surface area (Å²) in [5.41, 5.74) is 6.57. The number of unbranched alkanes of at least 4 members (excludes halogenated alkanes) is 1. The van der Waals surface area contributed by atoms with Gasteiger partial charge in [0, 0.05) is 18.3 Å². The molecule has 0 bridgehead atoms. The maximum absolute atomic E-state index is 11.9. The van der Waals surface area contributed by atoms with Crippen LogP contribution in [0.25, 0.3) is 0 Å². The number of anilines is 1. The van der Waals surface area contributed by atoms with Gasteiger partial charge >= 0.3 is 0 Å². The van der Waals surface area contributed by atoms with Crippen LogP contribution in [0.4, 0.5) is 5.69 Å². The van der Waals surface area contributed by atoms with Gasteiger partial charge in [0.1, 0.15) is 12.4 Å². The van der Waals surface area contributed by atoms with Gasteiger partial charge in [0.15, 0.2) is 0 Å². The fourth-order valence-corrected chi connectivity index (χ4v) is 1.80. The molecule has 21 heavy (non-hydrogen) atoms. The van der Waals surface area contributed by atoms with Crippen LogP contribution < -0.4 is 15.8 Å². The molecule has 118 valence electrons. The van der Waals surface area contributed by atoms with Gasteiger partial charge in [-0.2, -0.15) is 0 Å². The van der Waals surface area contributed by atoms with Gasteiger partial charge in [0.2, 0.25) is 5.91 Å². The maximum atomic E-state index is 11.9. The first kappa shape index (κ1) is 17.5. The molecule has 1 unspecified atom stereocenters. The number of nitrogens with one attached hydrogen (secondary N) is 1. The topological polar surface area (TPSA) is 67.6 Å². The number of carbonyl (C=O) groups is 1. The summed E-state index contributed by atoms with van der Waals surface area (Å²) in [5.74, 6) is 0.602. The number of nitrogens with zero attached hydrogens (tertiary/aromatic N) is 1. The van der Waals surface area contributed by atoms with Gasteiger partial charge < -0.3 is 20.7 Å². The lowest BCUT2D eigenvalue weighted by Crippen LogP contribution is -2.35. The Kier molecular flexibility index (Phi) is 7.79. The quantitative estimate of drug-likeness (QED) is 0.731. The third-order valence-corrected chi connectivity index (χ3v) is 3.11. The van der Waals surface area contributed by atoms with Crippen LogP contribution in [-0.2, 0) is 4.79 Å². The number of hydrogen-bond donors (Lipinski definition) is 2. The zero-order valence-corrected chi connectivity index (χ0v) is 13.3. The van der Waals surface area contributed by atoms with Crippen LogP contribution in [0.15, 0.2) is 24.3 Å². The first-order valence-corrected chi connectivity index (χ1v) is 7.47. The molecular formula is C16H27N3O2. The highest BCUT2D eigenvalue weighted by atomic mass is 16.5. The second-order valence-corrected chi connectivity index (χ2v) is 5.42. The van der Waals surface area contributed by atoms with Crippen molar-refractivity contribution in [2.75, 3.05) is 32.6 Å². The van der Waals surface area contributed by atoms with Gasteiger partial charge in [-0.15, -0.1) is 0 Å². The minimum absolute atomic E-state index is 0.145. The summed E-state index contributed by atoms with van der Waals surface area (Å²) in [6.07, 6.45) is 2.71. The zero-order chi connectivity index (χ0) is 15.7. The number of nitrogens with two attached hydrogens (primary N) is 1. The Hall–Kier alpha value is -1.59. The fourth-order valence-electron chi connectivity index (χ4n) is 1.80. The lowest BCUT2D eigenvalue weighted by atomic mass is 10.1. The van der Waals surface area contributed by atoms with Crippen molar-refractivity contribution >= 4 is 11.6 Å². The second kappa shape index (κ2) is 9.37. The summed E-state index contributed by atoms with van der Waals surface area (Å²) in [6.45, 7) is 3.54. The van der Waals surface area contributed by atoms with E-state index in [0.717, 1.165) is 25.1 Å². The lowest BCUT2D eigenvalue weighted by molar-refractivity contribution is -0.117. The van der Waals surface area contributed by atoms with E-state index in [4.69, 9.17) is 10.5 Å². The number of hydrogen-bond acceptors (Lipinski definition) is 4. The van der Waals surface area contributed by atoms with E-state index in [1.54, 1.807) is 0 Å². The molecule has 0 aliphatic rings. The summed E-state index contributed by atoms with van der Waals surface area (Å²) in [5, 5.41) is 2.84. The molecule has 0 saturated heterocycles. The number of amides is 1. The third kappa shape index (κ3) is 7.11. The van der Waals surface area contributed by atoms with E-state index in [0.29, 0.717) is 18.7 Å². The Morgan fingerprint density at radius 2 is 2.19 bits per heavy atom. The van der Waals surface area contributed by atoms with Gasteiger partial charge in [0.25, 0.3) is 0 Å². The zero-order valence-electron chi connectivity index (χ0n) is 13.3. The molecule has 0 heterocycles. The molecule has 1 aromatic carbocycles. The smallest absolute Gasteiger partial charge is 0.241 e. The maximum Gasteiger partial charge on any atom is 0.241 e. The van der Waals surface area contributed by atoms with Gasteiger partial charge in [-0.1, -0.05) is 25.8 Å². The number of ether oxygens (including phenoxy) is 1. The lowest BCUT2D eigenvalue weighted by Gasteiger charge is -2.14. The van der Waals surface area contributed by atoms with Crippen LogP contribution in [0.1, 0.15) is 26.2 Å². The van der Waals surface area contributed by atoms with Crippen LogP contribution >= 0.6 is 0 Å². The van der Waals surface area contributed by atoms with Crippen molar-refractivity contribution in [3.8, 4) is 5.75 Å². The molecule has 0 fully saturated rings. The van der Waals surface area contributed by atoms with Crippen LogP contribution in [0.3, 0.4) is 0 Å². The molecule has 0 aliphatic heterocycles. The van der Waals surface area contributed by atoms with Crippen molar-refractivity contribution in [1.82, 2.24) is 4.90 Å². The van der Waals surface area contributed by atoms with E-state index in [-0.39, 0.29) is 5.91 Å². The molecule has 3 N–H and O–H groups in total. The Bertz CT molecular complexity index is 435. The molecule has 0 radical (unpaired) electrons. The van der Waals surface area contributed by atoms with E-state index in [9.17, 15) is 4.79 Å². The average Bonchev–Trinajstić information content (AvgIpc) is 2.44. The van der Waals surface area contributed by atoms with Crippen molar-refractivity contribution in [1.29, 1.82) is 0 Å². The first-order valence-electron chi connectivity index (χ1n) is 7.47. The van der Waals surface area contributed by atoms with E-state index < -0.39 is 6.04 Å². The van der Waals surface area contributed by atoms with E-state index in [1.807, 2.05) is 38.4 Å². The van der Waals surface area contributed by atoms with Crippen LogP contribution in [0, 0.1) is 0 Å². The number of carbonyl (C=O) groups excluding carboxylic acids is 1. The third-order valence-electron chi connectivity index (χ3n) is 3.11. The molecule has 0 aliphatic carbocycles. The molecule has 1 rings (SSSR count). The van der Waals surface area contributed by atoms with Crippen molar-refractivity contribution in [3.63, 3.8) is 0 Å². The number of likely N-dealkylation sites (N-methyl/N-ethyl adjacent to an activating group) is 1.